The highest BCUT2D eigenvalue weighted by molar-refractivity contribution is 5.94. The Kier molecular flexibility index (Phi) is 4.40. The third-order valence-corrected chi connectivity index (χ3v) is 4.90. The normalized spacial score (nSPS) is 23.2. The van der Waals surface area contributed by atoms with E-state index in [0.29, 0.717) is 18.1 Å². The predicted octanol–water partition coefficient (Wildman–Crippen LogP) is 2.01. The second-order valence-corrected chi connectivity index (χ2v) is 6.59. The lowest BCUT2D eigenvalue weighted by molar-refractivity contribution is 0.0791. The van der Waals surface area contributed by atoms with Gasteiger partial charge in [0.15, 0.2) is 0 Å². The van der Waals surface area contributed by atoms with Crippen LogP contribution in [0.15, 0.2) is 30.6 Å². The van der Waals surface area contributed by atoms with Gasteiger partial charge in [0.25, 0.3) is 5.91 Å². The van der Waals surface area contributed by atoms with Crippen molar-refractivity contribution < 1.29 is 14.3 Å². The molecule has 132 valence electrons. The smallest absolute Gasteiger partial charge is 0.251 e. The standard InChI is InChI=1S/C18H22N4O3/c1-22-15(6-9-20-22)17-14(7-10-24-17)21-18(23)12-5-8-19-16(11-12)25-13-3-2-4-13/h5-6,8-9,11,13-14,17H,2-4,7,10H2,1H3,(H,21,23)/t14-,17-/m0/s1. The van der Waals surface area contributed by atoms with Gasteiger partial charge in [-0.25, -0.2) is 4.98 Å². The summed E-state index contributed by atoms with van der Waals surface area (Å²) in [5.74, 6) is 0.381. The van der Waals surface area contributed by atoms with Gasteiger partial charge in [-0.05, 0) is 37.8 Å². The molecule has 1 N–H and O–H groups in total. The van der Waals surface area contributed by atoms with Crippen molar-refractivity contribution in [3.05, 3.63) is 41.9 Å². The fraction of sp³-hybridized carbons (Fsp3) is 0.500. The lowest BCUT2D eigenvalue weighted by Gasteiger charge is -2.25. The van der Waals surface area contributed by atoms with E-state index in [-0.39, 0.29) is 24.2 Å². The summed E-state index contributed by atoms with van der Waals surface area (Å²) >= 11 is 0. The summed E-state index contributed by atoms with van der Waals surface area (Å²) in [5, 5.41) is 7.27. The van der Waals surface area contributed by atoms with Crippen LogP contribution in [-0.4, -0.2) is 39.4 Å². The van der Waals surface area contributed by atoms with Gasteiger partial charge in [0.1, 0.15) is 12.2 Å². The van der Waals surface area contributed by atoms with Gasteiger partial charge in [0.2, 0.25) is 5.88 Å². The minimum absolute atomic E-state index is 0.0768. The van der Waals surface area contributed by atoms with E-state index in [4.69, 9.17) is 9.47 Å². The first-order valence-electron chi connectivity index (χ1n) is 8.74. The van der Waals surface area contributed by atoms with Crippen LogP contribution in [-0.2, 0) is 11.8 Å². The van der Waals surface area contributed by atoms with E-state index in [1.807, 2.05) is 13.1 Å². The van der Waals surface area contributed by atoms with Crippen molar-refractivity contribution in [1.82, 2.24) is 20.1 Å². The highest BCUT2D eigenvalue weighted by atomic mass is 16.5. The molecule has 1 aliphatic heterocycles. The Labute approximate surface area is 146 Å². The van der Waals surface area contributed by atoms with E-state index in [9.17, 15) is 4.79 Å². The molecule has 3 heterocycles. The number of amides is 1. The van der Waals surface area contributed by atoms with Crippen molar-refractivity contribution in [3.8, 4) is 5.88 Å². The zero-order valence-electron chi connectivity index (χ0n) is 14.2. The molecule has 1 saturated carbocycles. The molecule has 2 atom stereocenters. The second-order valence-electron chi connectivity index (χ2n) is 6.59. The Morgan fingerprint density at radius 2 is 2.20 bits per heavy atom. The first-order chi connectivity index (χ1) is 12.2. The van der Waals surface area contributed by atoms with E-state index in [1.54, 1.807) is 29.2 Å². The fourth-order valence-corrected chi connectivity index (χ4v) is 3.22. The molecule has 0 aromatic carbocycles. The van der Waals surface area contributed by atoms with Crippen LogP contribution in [0.25, 0.3) is 0 Å². The van der Waals surface area contributed by atoms with Crippen LogP contribution in [0.1, 0.15) is 47.8 Å². The van der Waals surface area contributed by atoms with Gasteiger partial charge in [0.05, 0.1) is 11.7 Å². The molecule has 4 rings (SSSR count). The maximum atomic E-state index is 12.6. The summed E-state index contributed by atoms with van der Waals surface area (Å²) in [6.07, 6.45) is 7.51. The zero-order valence-corrected chi connectivity index (χ0v) is 14.2. The van der Waals surface area contributed by atoms with Crippen LogP contribution in [0.2, 0.25) is 0 Å². The molecule has 7 nitrogen and oxygen atoms in total. The van der Waals surface area contributed by atoms with Gasteiger partial charge in [0, 0.05) is 37.7 Å². The molecule has 25 heavy (non-hydrogen) atoms. The Morgan fingerprint density at radius 3 is 2.92 bits per heavy atom. The number of carbonyl (C=O) groups is 1. The van der Waals surface area contributed by atoms with Crippen molar-refractivity contribution >= 4 is 5.91 Å². The largest absolute Gasteiger partial charge is 0.474 e. The average molecular weight is 342 g/mol. The topological polar surface area (TPSA) is 78.3 Å². The molecule has 2 fully saturated rings. The van der Waals surface area contributed by atoms with Gasteiger partial charge in [-0.1, -0.05) is 0 Å². The first-order valence-corrected chi connectivity index (χ1v) is 8.74. The van der Waals surface area contributed by atoms with Crippen LogP contribution in [0.3, 0.4) is 0 Å². The molecule has 2 aromatic rings. The Morgan fingerprint density at radius 1 is 1.32 bits per heavy atom. The lowest BCUT2D eigenvalue weighted by Crippen LogP contribution is -2.37. The predicted molar refractivity (Wildman–Crippen MR) is 90.3 cm³/mol. The van der Waals surface area contributed by atoms with Crippen LogP contribution in [0.4, 0.5) is 0 Å². The van der Waals surface area contributed by atoms with Gasteiger partial charge in [-0.15, -0.1) is 0 Å². The molecule has 1 amide bonds. The summed E-state index contributed by atoms with van der Waals surface area (Å²) < 4.78 is 13.4. The molecule has 0 spiro atoms. The Balaban J connectivity index is 1.44. The molecule has 1 saturated heterocycles. The number of ether oxygens (including phenoxy) is 2. The summed E-state index contributed by atoms with van der Waals surface area (Å²) in [5.41, 5.74) is 1.52. The molecule has 7 heteroatoms. The molecule has 1 aliphatic carbocycles. The van der Waals surface area contributed by atoms with E-state index in [1.165, 1.54) is 6.42 Å². The van der Waals surface area contributed by atoms with E-state index in [0.717, 1.165) is 25.0 Å². The highest BCUT2D eigenvalue weighted by Gasteiger charge is 2.33. The van der Waals surface area contributed by atoms with Crippen molar-refractivity contribution in [3.63, 3.8) is 0 Å². The minimum Gasteiger partial charge on any atom is -0.474 e. The second kappa shape index (κ2) is 6.84. The molecule has 0 unspecified atom stereocenters. The Hall–Kier alpha value is -2.41. The number of nitrogens with zero attached hydrogens (tertiary/aromatic N) is 3. The number of nitrogens with one attached hydrogen (secondary N) is 1. The number of rotatable bonds is 5. The number of pyridine rings is 1. The Bertz CT molecular complexity index is 756. The molecular formula is C18H22N4O3. The molecule has 2 aromatic heterocycles. The van der Waals surface area contributed by atoms with Crippen LogP contribution < -0.4 is 10.1 Å². The van der Waals surface area contributed by atoms with Crippen molar-refractivity contribution in [2.75, 3.05) is 6.61 Å². The SMILES string of the molecule is Cn1nccc1[C@H]1OCC[C@@H]1NC(=O)c1ccnc(OC2CCC2)c1. The van der Waals surface area contributed by atoms with Gasteiger partial charge < -0.3 is 14.8 Å². The third-order valence-electron chi connectivity index (χ3n) is 4.90. The average Bonchev–Trinajstić information content (AvgIpc) is 3.19. The highest BCUT2D eigenvalue weighted by Crippen LogP contribution is 2.29. The van der Waals surface area contributed by atoms with Crippen molar-refractivity contribution in [2.45, 2.75) is 43.9 Å². The minimum atomic E-state index is -0.177. The maximum Gasteiger partial charge on any atom is 0.251 e. The number of carbonyl (C=O) groups excluding carboxylic acids is 1. The molecule has 2 aliphatic rings. The van der Waals surface area contributed by atoms with Crippen molar-refractivity contribution in [1.29, 1.82) is 0 Å². The number of aryl methyl sites for hydroxylation is 1. The molecular weight excluding hydrogens is 320 g/mol. The number of aromatic nitrogens is 3. The fourth-order valence-electron chi connectivity index (χ4n) is 3.22. The zero-order chi connectivity index (χ0) is 17.2. The lowest BCUT2D eigenvalue weighted by atomic mass is 9.96. The van der Waals surface area contributed by atoms with Crippen LogP contribution >= 0.6 is 0 Å². The summed E-state index contributed by atoms with van der Waals surface area (Å²) in [6, 6.07) is 5.26. The number of hydrogen-bond acceptors (Lipinski definition) is 5. The monoisotopic (exact) mass is 342 g/mol. The van der Waals surface area contributed by atoms with Crippen LogP contribution in [0.5, 0.6) is 5.88 Å². The summed E-state index contributed by atoms with van der Waals surface area (Å²) in [4.78, 5) is 16.9. The summed E-state index contributed by atoms with van der Waals surface area (Å²) in [7, 11) is 1.88. The first kappa shape index (κ1) is 16.1. The van der Waals surface area contributed by atoms with E-state index < -0.39 is 0 Å². The van der Waals surface area contributed by atoms with Gasteiger partial charge in [-0.3, -0.25) is 9.48 Å². The van der Waals surface area contributed by atoms with E-state index in [2.05, 4.69) is 15.4 Å². The van der Waals surface area contributed by atoms with E-state index >= 15 is 0 Å². The third kappa shape index (κ3) is 3.37. The van der Waals surface area contributed by atoms with Gasteiger partial charge in [-0.2, -0.15) is 5.10 Å². The summed E-state index contributed by atoms with van der Waals surface area (Å²) in [6.45, 7) is 0.618. The molecule has 0 bridgehead atoms. The maximum absolute atomic E-state index is 12.6. The van der Waals surface area contributed by atoms with Crippen LogP contribution in [0, 0.1) is 0 Å². The van der Waals surface area contributed by atoms with Gasteiger partial charge >= 0.3 is 0 Å². The number of hydrogen-bond donors (Lipinski definition) is 1. The quantitative estimate of drug-likeness (QED) is 0.899. The van der Waals surface area contributed by atoms with Crippen molar-refractivity contribution in [2.24, 2.45) is 7.05 Å². The molecule has 0 radical (unpaired) electrons.